The fourth-order valence-electron chi connectivity index (χ4n) is 8.72. The summed E-state index contributed by atoms with van der Waals surface area (Å²) in [5.74, 6) is 0. The lowest BCUT2D eigenvalue weighted by molar-refractivity contribution is 1.30. The predicted molar refractivity (Wildman–Crippen MR) is 245 cm³/mol. The van der Waals surface area contributed by atoms with E-state index >= 15 is 0 Å². The van der Waals surface area contributed by atoms with E-state index in [0.29, 0.717) is 5.56 Å². The summed E-state index contributed by atoms with van der Waals surface area (Å²) in [6, 6.07) is 67.5. The monoisotopic (exact) mass is 727 g/mol. The highest BCUT2D eigenvalue weighted by Gasteiger charge is 2.20. The molecule has 0 aliphatic heterocycles. The second-order valence-electron chi connectivity index (χ2n) is 14.5. The van der Waals surface area contributed by atoms with Crippen LogP contribution in [0.15, 0.2) is 224 Å². The van der Waals surface area contributed by atoms with Gasteiger partial charge in [-0.3, -0.25) is 0 Å². The predicted octanol–water partition coefficient (Wildman–Crippen LogP) is 15.9. The molecule has 0 bridgehead atoms. The summed E-state index contributed by atoms with van der Waals surface area (Å²) in [6.45, 7) is 0. The van der Waals surface area contributed by atoms with Gasteiger partial charge in [-0.05, 0) is 112 Å². The van der Waals surface area contributed by atoms with Gasteiger partial charge in [0.2, 0.25) is 0 Å². The number of benzene rings is 11. The van der Waals surface area contributed by atoms with Crippen LogP contribution in [0.3, 0.4) is 0 Å². The lowest BCUT2D eigenvalue weighted by atomic mass is 9.85. The average Bonchev–Trinajstić information content (AvgIpc) is 3.32. The Hall–Kier alpha value is -7.48. The van der Waals surface area contributed by atoms with Crippen molar-refractivity contribution in [2.24, 2.45) is 0 Å². The van der Waals surface area contributed by atoms with Crippen LogP contribution in [0.1, 0.15) is 5.48 Å². The van der Waals surface area contributed by atoms with Gasteiger partial charge in [0.1, 0.15) is 0 Å². The van der Waals surface area contributed by atoms with Crippen LogP contribution < -0.4 is 4.90 Å². The molecule has 11 aromatic carbocycles. The molecule has 0 atom stereocenters. The summed E-state index contributed by atoms with van der Waals surface area (Å²) in [5, 5.41) is 10.3. The van der Waals surface area contributed by atoms with Crippen molar-refractivity contribution in [1.82, 2.24) is 0 Å². The number of hydrogen-bond acceptors (Lipinski definition) is 1. The Bertz CT molecular complexity index is 3490. The van der Waals surface area contributed by atoms with Crippen molar-refractivity contribution in [1.29, 1.82) is 0 Å². The summed E-state index contributed by atoms with van der Waals surface area (Å²) in [4.78, 5) is 1.93. The Kier molecular flexibility index (Phi) is 6.93. The van der Waals surface area contributed by atoms with Gasteiger partial charge < -0.3 is 4.90 Å². The molecule has 0 saturated carbocycles. The van der Waals surface area contributed by atoms with Gasteiger partial charge in [-0.2, -0.15) is 0 Å². The maximum Gasteiger partial charge on any atom is 0.0645 e. The first-order chi connectivity index (χ1) is 30.0. The molecule has 0 saturated heterocycles. The number of anilines is 3. The normalized spacial score (nSPS) is 12.5. The number of fused-ring (bicyclic) bond motifs is 7. The van der Waals surface area contributed by atoms with E-state index in [1.807, 2.05) is 89.8 Å². The molecule has 0 fully saturated rings. The highest BCUT2D eigenvalue weighted by atomic mass is 15.1. The summed E-state index contributed by atoms with van der Waals surface area (Å²) in [7, 11) is 0. The molecule has 0 unspecified atom stereocenters. The summed E-state index contributed by atoms with van der Waals surface area (Å²) in [5.41, 5.74) is 6.60. The zero-order valence-corrected chi connectivity index (χ0v) is 31.0. The zero-order chi connectivity index (χ0) is 41.2. The first-order valence-electron chi connectivity index (χ1n) is 21.4. The van der Waals surface area contributed by atoms with E-state index in [1.165, 1.54) is 0 Å². The van der Waals surface area contributed by atoms with Crippen molar-refractivity contribution >= 4 is 70.9 Å². The van der Waals surface area contributed by atoms with Gasteiger partial charge in [-0.1, -0.05) is 194 Å². The third-order valence-electron chi connectivity index (χ3n) is 11.3. The number of hydrogen-bond donors (Lipinski definition) is 0. The van der Waals surface area contributed by atoms with Crippen molar-refractivity contribution in [2.75, 3.05) is 4.90 Å². The van der Waals surface area contributed by atoms with Crippen molar-refractivity contribution in [3.63, 3.8) is 0 Å². The molecule has 0 heterocycles. The van der Waals surface area contributed by atoms with Crippen LogP contribution in [0.4, 0.5) is 17.1 Å². The molecule has 0 aliphatic rings. The topological polar surface area (TPSA) is 3.24 Å². The Morgan fingerprint density at radius 1 is 0.298 bits per heavy atom. The van der Waals surface area contributed by atoms with Gasteiger partial charge in [0.05, 0.1) is 11.2 Å². The van der Waals surface area contributed by atoms with Crippen molar-refractivity contribution in [2.45, 2.75) is 0 Å². The van der Waals surface area contributed by atoms with Gasteiger partial charge >= 0.3 is 0 Å². The quantitative estimate of drug-likeness (QED) is 0.154. The smallest absolute Gasteiger partial charge is 0.0645 e. The molecule has 266 valence electrons. The minimum atomic E-state index is -0.123. The molecule has 57 heavy (non-hydrogen) atoms. The van der Waals surface area contributed by atoms with Crippen LogP contribution >= 0.6 is 0 Å². The first kappa shape index (κ1) is 28.9. The van der Waals surface area contributed by atoms with E-state index < -0.39 is 0 Å². The second kappa shape index (κ2) is 13.7. The molecule has 11 rings (SSSR count). The number of rotatable bonds is 6. The van der Waals surface area contributed by atoms with Crippen molar-refractivity contribution < 1.29 is 5.48 Å². The lowest BCUT2D eigenvalue weighted by Crippen LogP contribution is -2.10. The minimum Gasteiger partial charge on any atom is -0.310 e. The third-order valence-corrected chi connectivity index (χ3v) is 11.3. The highest BCUT2D eigenvalue weighted by Crippen LogP contribution is 2.47. The van der Waals surface area contributed by atoms with Crippen LogP contribution in [0.5, 0.6) is 0 Å². The standard InChI is InChI=1S/C56H37N/c1-2-16-40(17-3-1)55-52-26-12-9-23-49(52)50-24-10-13-27-53(50)56(55)41-31-35-44(36-32-41)57(54-37-42-18-5-7-21-47(42)48-22-8-11-25-51(48)54)43-33-29-39(30-34-43)46-28-14-19-38-15-4-6-20-45(38)46/h1-37H/i31D,32D,35D,36D. The third kappa shape index (κ3) is 5.55. The molecule has 0 amide bonds. The maximum atomic E-state index is 10.0. The van der Waals surface area contributed by atoms with Crippen molar-refractivity contribution in [3.8, 4) is 33.4 Å². The van der Waals surface area contributed by atoms with E-state index in [0.717, 1.165) is 87.5 Å². The molecule has 1 heteroatoms. The SMILES string of the molecule is [2H]c1c([2H])c(N(c2ccc(-c3cccc4ccccc34)cc2)c2cc3ccccc3c3ccccc23)c([2H])c([2H])c1-c1c(-c2ccccc2)c2ccccc2c2ccccc12. The molecule has 0 aromatic heterocycles. The van der Waals surface area contributed by atoms with Gasteiger partial charge in [-0.25, -0.2) is 0 Å². The van der Waals surface area contributed by atoms with Gasteiger partial charge in [0.15, 0.2) is 0 Å². The van der Waals surface area contributed by atoms with Crippen LogP contribution in [0.25, 0.3) is 87.2 Å². The molecule has 1 nitrogen and oxygen atoms in total. The highest BCUT2D eigenvalue weighted by molar-refractivity contribution is 6.22. The van der Waals surface area contributed by atoms with Gasteiger partial charge in [0.25, 0.3) is 0 Å². The van der Waals surface area contributed by atoms with E-state index in [9.17, 15) is 5.48 Å². The lowest BCUT2D eigenvalue weighted by Gasteiger charge is -2.28. The van der Waals surface area contributed by atoms with E-state index in [-0.39, 0.29) is 35.4 Å². The van der Waals surface area contributed by atoms with E-state index in [4.69, 9.17) is 0 Å². The molecule has 0 N–H and O–H groups in total. The summed E-state index contributed by atoms with van der Waals surface area (Å²) < 4.78 is 40.0. The zero-order valence-electron chi connectivity index (χ0n) is 35.0. The van der Waals surface area contributed by atoms with Crippen LogP contribution in [0, 0.1) is 0 Å². The number of nitrogens with zero attached hydrogens (tertiary/aromatic N) is 1. The second-order valence-corrected chi connectivity index (χ2v) is 14.5. The fourth-order valence-corrected chi connectivity index (χ4v) is 8.72. The maximum absolute atomic E-state index is 10.0. The molecule has 0 radical (unpaired) electrons. The summed E-state index contributed by atoms with van der Waals surface area (Å²) >= 11 is 0. The Morgan fingerprint density at radius 3 is 1.46 bits per heavy atom. The Labute approximate surface area is 338 Å². The molecular formula is C56H37N. The first-order valence-corrected chi connectivity index (χ1v) is 19.4. The van der Waals surface area contributed by atoms with E-state index in [2.05, 4.69) is 115 Å². The average molecular weight is 728 g/mol. The van der Waals surface area contributed by atoms with Crippen LogP contribution in [-0.2, 0) is 0 Å². The van der Waals surface area contributed by atoms with Crippen LogP contribution in [-0.4, -0.2) is 0 Å². The Morgan fingerprint density at radius 2 is 0.789 bits per heavy atom. The van der Waals surface area contributed by atoms with Crippen molar-refractivity contribution in [3.05, 3.63) is 224 Å². The van der Waals surface area contributed by atoms with Gasteiger partial charge in [-0.15, -0.1) is 0 Å². The molecule has 0 spiro atoms. The van der Waals surface area contributed by atoms with E-state index in [1.54, 1.807) is 0 Å². The largest absolute Gasteiger partial charge is 0.310 e. The molecule has 0 aliphatic carbocycles. The summed E-state index contributed by atoms with van der Waals surface area (Å²) in [6.07, 6.45) is 0. The minimum absolute atomic E-state index is 0.101. The fraction of sp³-hybridized carbons (Fsp3) is 0. The van der Waals surface area contributed by atoms with Crippen LogP contribution in [0.2, 0.25) is 0 Å². The molecule has 11 aromatic rings. The molecular weight excluding hydrogens is 687 g/mol. The Balaban J connectivity index is 1.20. The van der Waals surface area contributed by atoms with Gasteiger partial charge in [0, 0.05) is 16.8 Å².